The minimum Gasteiger partial charge on any atom is -0.496 e. The Morgan fingerprint density at radius 1 is 1.29 bits per heavy atom. The van der Waals surface area contributed by atoms with Gasteiger partial charge in [0.1, 0.15) is 17.2 Å². The molecule has 0 unspecified atom stereocenters. The smallest absolute Gasteiger partial charge is 0.262 e. The van der Waals surface area contributed by atoms with Crippen molar-refractivity contribution in [2.24, 2.45) is 5.92 Å². The van der Waals surface area contributed by atoms with Crippen LogP contribution in [0.15, 0.2) is 36.7 Å². The Kier molecular flexibility index (Phi) is 3.77. The maximum Gasteiger partial charge on any atom is 0.262 e. The normalized spacial score (nSPS) is 22.7. The standard InChI is InChI=1S/C20H20N4O4/c1-26-14-6-17-21-15(20-7-12(20)10-28-11-20)9-24(17)8-13(14)19(25)23-16-4-3-5-18(22-16)27-2/h3-6,8-9,12H,7,10-11H2,1-2H3,(H,22,23,25)/t12-,20-/m0/s1. The second kappa shape index (κ2) is 6.20. The summed E-state index contributed by atoms with van der Waals surface area (Å²) >= 11 is 0. The van der Waals surface area contributed by atoms with Crippen molar-refractivity contribution >= 4 is 17.4 Å². The van der Waals surface area contributed by atoms with Gasteiger partial charge in [0, 0.05) is 29.9 Å². The number of hydrogen-bond donors (Lipinski definition) is 1. The minimum absolute atomic E-state index is 0.0478. The molecule has 4 heterocycles. The average molecular weight is 380 g/mol. The highest BCUT2D eigenvalue weighted by molar-refractivity contribution is 6.05. The van der Waals surface area contributed by atoms with E-state index in [4.69, 9.17) is 19.2 Å². The van der Waals surface area contributed by atoms with E-state index in [0.29, 0.717) is 35.5 Å². The number of imidazole rings is 1. The highest BCUT2D eigenvalue weighted by Gasteiger charge is 2.60. The summed E-state index contributed by atoms with van der Waals surface area (Å²) in [6.07, 6.45) is 4.84. The molecule has 1 aliphatic heterocycles. The summed E-state index contributed by atoms with van der Waals surface area (Å²) in [5.74, 6) is 1.53. The molecular weight excluding hydrogens is 360 g/mol. The maximum absolute atomic E-state index is 12.8. The highest BCUT2D eigenvalue weighted by atomic mass is 16.5. The van der Waals surface area contributed by atoms with E-state index in [2.05, 4.69) is 10.3 Å². The first-order chi connectivity index (χ1) is 13.6. The molecule has 3 aromatic rings. The molecule has 28 heavy (non-hydrogen) atoms. The van der Waals surface area contributed by atoms with Crippen molar-refractivity contribution in [2.75, 3.05) is 32.8 Å². The van der Waals surface area contributed by atoms with Crippen molar-refractivity contribution in [3.8, 4) is 11.6 Å². The molecule has 0 bridgehead atoms. The van der Waals surface area contributed by atoms with Crippen LogP contribution in [0.25, 0.3) is 5.65 Å². The molecule has 5 rings (SSSR count). The summed E-state index contributed by atoms with van der Waals surface area (Å²) in [7, 11) is 3.07. The Morgan fingerprint density at radius 3 is 2.89 bits per heavy atom. The van der Waals surface area contributed by atoms with Crippen molar-refractivity contribution in [3.63, 3.8) is 0 Å². The number of ether oxygens (including phenoxy) is 3. The van der Waals surface area contributed by atoms with Gasteiger partial charge < -0.3 is 23.9 Å². The van der Waals surface area contributed by atoms with Crippen LogP contribution in [0.3, 0.4) is 0 Å². The summed E-state index contributed by atoms with van der Waals surface area (Å²) < 4.78 is 18.0. The lowest BCUT2D eigenvalue weighted by Crippen LogP contribution is -2.15. The van der Waals surface area contributed by atoms with E-state index in [-0.39, 0.29) is 11.3 Å². The fraction of sp³-hybridized carbons (Fsp3) is 0.350. The van der Waals surface area contributed by atoms with Crippen LogP contribution in [0.5, 0.6) is 11.6 Å². The molecule has 1 saturated heterocycles. The molecule has 3 aromatic heterocycles. The zero-order valence-corrected chi connectivity index (χ0v) is 15.6. The molecule has 2 aliphatic rings. The van der Waals surface area contributed by atoms with Gasteiger partial charge in [-0.25, -0.2) is 4.98 Å². The number of fused-ring (bicyclic) bond motifs is 2. The number of pyridine rings is 2. The first-order valence-electron chi connectivity index (χ1n) is 9.10. The van der Waals surface area contributed by atoms with Crippen LogP contribution < -0.4 is 14.8 Å². The Labute approximate surface area is 161 Å². The van der Waals surface area contributed by atoms with Gasteiger partial charge in [0.2, 0.25) is 5.88 Å². The summed E-state index contributed by atoms with van der Waals surface area (Å²) in [6, 6.07) is 6.96. The molecule has 1 N–H and O–H groups in total. The topological polar surface area (TPSA) is 87.0 Å². The summed E-state index contributed by atoms with van der Waals surface area (Å²) in [6.45, 7) is 1.52. The van der Waals surface area contributed by atoms with Gasteiger partial charge in [0.15, 0.2) is 0 Å². The van der Waals surface area contributed by atoms with Crippen LogP contribution in [0.1, 0.15) is 22.5 Å². The summed E-state index contributed by atoms with van der Waals surface area (Å²) in [5.41, 5.74) is 2.21. The van der Waals surface area contributed by atoms with Crippen LogP contribution in [0, 0.1) is 5.92 Å². The molecule has 8 nitrogen and oxygen atoms in total. The largest absolute Gasteiger partial charge is 0.496 e. The summed E-state index contributed by atoms with van der Waals surface area (Å²) in [5, 5.41) is 2.79. The first kappa shape index (κ1) is 17.0. The van der Waals surface area contributed by atoms with Gasteiger partial charge in [-0.2, -0.15) is 4.98 Å². The molecule has 0 radical (unpaired) electrons. The van der Waals surface area contributed by atoms with Crippen LogP contribution >= 0.6 is 0 Å². The Morgan fingerprint density at radius 2 is 2.18 bits per heavy atom. The lowest BCUT2D eigenvalue weighted by Gasteiger charge is -2.10. The molecule has 2 atom stereocenters. The van der Waals surface area contributed by atoms with Gasteiger partial charge in [0.05, 0.1) is 38.7 Å². The third-order valence-electron chi connectivity index (χ3n) is 5.61. The average Bonchev–Trinajstić information content (AvgIpc) is 3.06. The molecule has 1 aliphatic carbocycles. The molecule has 1 amide bonds. The van der Waals surface area contributed by atoms with Crippen LogP contribution in [0.2, 0.25) is 0 Å². The number of nitrogens with zero attached hydrogens (tertiary/aromatic N) is 3. The van der Waals surface area contributed by atoms with Crippen molar-refractivity contribution < 1.29 is 19.0 Å². The number of amides is 1. The van der Waals surface area contributed by atoms with Crippen LogP contribution in [-0.4, -0.2) is 47.7 Å². The number of aromatic nitrogens is 3. The zero-order valence-electron chi connectivity index (χ0n) is 15.6. The molecule has 144 valence electrons. The number of hydrogen-bond acceptors (Lipinski definition) is 6. The third-order valence-corrected chi connectivity index (χ3v) is 5.61. The highest BCUT2D eigenvalue weighted by Crippen LogP contribution is 2.57. The predicted octanol–water partition coefficient (Wildman–Crippen LogP) is 2.29. The Balaban J connectivity index is 1.48. The SMILES string of the molecule is COc1cccc(NC(=O)c2cn3cc([C@@]45COC[C@@H]4C5)nc3cc2OC)n1. The molecule has 0 aromatic carbocycles. The lowest BCUT2D eigenvalue weighted by atomic mass is 10.0. The number of carbonyl (C=O) groups is 1. The predicted molar refractivity (Wildman–Crippen MR) is 101 cm³/mol. The van der Waals surface area contributed by atoms with Gasteiger partial charge in [0.25, 0.3) is 5.91 Å². The third kappa shape index (κ3) is 2.60. The second-order valence-corrected chi connectivity index (χ2v) is 7.24. The van der Waals surface area contributed by atoms with Gasteiger partial charge >= 0.3 is 0 Å². The van der Waals surface area contributed by atoms with E-state index in [0.717, 1.165) is 24.4 Å². The number of carbonyl (C=O) groups excluding carboxylic acids is 1. The van der Waals surface area contributed by atoms with E-state index in [1.807, 2.05) is 10.6 Å². The minimum atomic E-state index is -0.318. The van der Waals surface area contributed by atoms with E-state index < -0.39 is 0 Å². The molecular formula is C20H20N4O4. The van der Waals surface area contributed by atoms with Crippen molar-refractivity contribution in [2.45, 2.75) is 11.8 Å². The van der Waals surface area contributed by atoms with E-state index in [1.165, 1.54) is 14.2 Å². The van der Waals surface area contributed by atoms with Crippen molar-refractivity contribution in [1.29, 1.82) is 0 Å². The monoisotopic (exact) mass is 380 g/mol. The molecule has 0 spiro atoms. The molecule has 8 heteroatoms. The number of anilines is 1. The van der Waals surface area contributed by atoms with Crippen molar-refractivity contribution in [3.05, 3.63) is 47.9 Å². The van der Waals surface area contributed by atoms with Crippen LogP contribution in [-0.2, 0) is 10.2 Å². The van der Waals surface area contributed by atoms with Gasteiger partial charge in [-0.1, -0.05) is 6.07 Å². The van der Waals surface area contributed by atoms with Crippen LogP contribution in [0.4, 0.5) is 5.82 Å². The van der Waals surface area contributed by atoms with E-state index >= 15 is 0 Å². The number of nitrogens with one attached hydrogen (secondary N) is 1. The van der Waals surface area contributed by atoms with Gasteiger partial charge in [-0.05, 0) is 18.4 Å². The molecule has 1 saturated carbocycles. The van der Waals surface area contributed by atoms with Crippen molar-refractivity contribution in [1.82, 2.24) is 14.4 Å². The second-order valence-electron chi connectivity index (χ2n) is 7.24. The quantitative estimate of drug-likeness (QED) is 0.731. The maximum atomic E-state index is 12.8. The Bertz CT molecular complexity index is 1080. The van der Waals surface area contributed by atoms with Gasteiger partial charge in [-0.15, -0.1) is 0 Å². The lowest BCUT2D eigenvalue weighted by molar-refractivity contribution is 0.102. The van der Waals surface area contributed by atoms with Gasteiger partial charge in [-0.3, -0.25) is 4.79 Å². The van der Waals surface area contributed by atoms with E-state index in [1.54, 1.807) is 30.5 Å². The fourth-order valence-corrected chi connectivity index (χ4v) is 3.92. The Hall–Kier alpha value is -3.13. The summed E-state index contributed by atoms with van der Waals surface area (Å²) in [4.78, 5) is 21.8. The number of rotatable bonds is 5. The molecule has 2 fully saturated rings. The fourth-order valence-electron chi connectivity index (χ4n) is 3.92. The number of methoxy groups -OCH3 is 2. The first-order valence-corrected chi connectivity index (χ1v) is 9.10. The van der Waals surface area contributed by atoms with E-state index in [9.17, 15) is 4.79 Å². The zero-order chi connectivity index (χ0) is 19.3.